The highest BCUT2D eigenvalue weighted by Crippen LogP contribution is 2.41. The molecule has 5 rings (SSSR count). The molecule has 212 valence electrons. The molecule has 2 unspecified atom stereocenters. The van der Waals surface area contributed by atoms with Gasteiger partial charge in [-0.1, -0.05) is 31.3 Å². The summed E-state index contributed by atoms with van der Waals surface area (Å²) >= 11 is 1.25. The molecule has 0 saturated carbocycles. The fraction of sp³-hybridized carbons (Fsp3) is 0.385. The number of anilines is 1. The van der Waals surface area contributed by atoms with E-state index in [0.717, 1.165) is 16.8 Å². The maximum atomic E-state index is 12.9. The van der Waals surface area contributed by atoms with Gasteiger partial charge in [0.05, 0.1) is 41.1 Å². The quantitative estimate of drug-likeness (QED) is 0.413. The minimum Gasteiger partial charge on any atom is -0.416 e. The Morgan fingerprint density at radius 1 is 1.27 bits per heavy atom. The Balaban J connectivity index is 1.53. The molecular formula is C26H32N8O4S2. The number of thioether (sulfide) groups is 1. The first-order valence-electron chi connectivity index (χ1n) is 12.7. The predicted molar refractivity (Wildman–Crippen MR) is 156 cm³/mol. The minimum absolute atomic E-state index is 0.209. The summed E-state index contributed by atoms with van der Waals surface area (Å²) in [6.07, 6.45) is 11.5. The summed E-state index contributed by atoms with van der Waals surface area (Å²) in [6, 6.07) is 0. The monoisotopic (exact) mass is 584 g/mol. The van der Waals surface area contributed by atoms with Gasteiger partial charge in [0.1, 0.15) is 4.58 Å². The number of sulfonamides is 1. The molecule has 40 heavy (non-hydrogen) atoms. The van der Waals surface area contributed by atoms with E-state index in [1.807, 2.05) is 36.8 Å². The second-order valence-electron chi connectivity index (χ2n) is 10.1. The van der Waals surface area contributed by atoms with E-state index < -0.39 is 20.7 Å². The van der Waals surface area contributed by atoms with Crippen LogP contribution in [-0.4, -0.2) is 79.6 Å². The zero-order chi connectivity index (χ0) is 28.8. The standard InChI is InChI=1S/C26H32N8O4S2/c1-16(2)38-26(35)33-9-7-8-18(14-33)20-15-34-21(19-11-28-32(6)13-19)12-27-24(34)23(29-20)30-22-10-17(3)25(39-22)40(36,37)31(4)5/h8,10-13,15,17,25H,1,7,9,14H2,2-6H3,(H,29,30). The van der Waals surface area contributed by atoms with Crippen LogP contribution in [0.25, 0.3) is 22.5 Å². The van der Waals surface area contributed by atoms with Gasteiger partial charge in [0.25, 0.3) is 0 Å². The molecule has 0 aromatic carbocycles. The van der Waals surface area contributed by atoms with Crippen molar-refractivity contribution < 1.29 is 17.9 Å². The maximum Gasteiger partial charge on any atom is 0.415 e. The van der Waals surface area contributed by atoms with Crippen molar-refractivity contribution in [2.45, 2.75) is 24.9 Å². The molecule has 0 aliphatic carbocycles. The predicted octanol–water partition coefficient (Wildman–Crippen LogP) is 3.74. The van der Waals surface area contributed by atoms with Crippen LogP contribution in [0.4, 0.5) is 10.6 Å². The van der Waals surface area contributed by atoms with Crippen molar-refractivity contribution in [1.82, 2.24) is 33.4 Å². The molecule has 2 atom stereocenters. The van der Waals surface area contributed by atoms with Gasteiger partial charge in [-0.3, -0.25) is 9.08 Å². The van der Waals surface area contributed by atoms with Crippen LogP contribution in [0.15, 0.2) is 54.3 Å². The lowest BCUT2D eigenvalue weighted by Gasteiger charge is -2.26. The van der Waals surface area contributed by atoms with Crippen molar-refractivity contribution in [1.29, 1.82) is 0 Å². The normalized spacial score (nSPS) is 19.6. The van der Waals surface area contributed by atoms with Gasteiger partial charge in [0.2, 0.25) is 10.0 Å². The first-order valence-corrected chi connectivity index (χ1v) is 15.1. The van der Waals surface area contributed by atoms with Crippen LogP contribution in [0, 0.1) is 5.92 Å². The van der Waals surface area contributed by atoms with Crippen molar-refractivity contribution in [2.75, 3.05) is 32.5 Å². The van der Waals surface area contributed by atoms with Crippen LogP contribution in [0.1, 0.15) is 26.0 Å². The van der Waals surface area contributed by atoms with E-state index in [0.29, 0.717) is 47.5 Å². The number of hydrogen-bond acceptors (Lipinski definition) is 9. The van der Waals surface area contributed by atoms with Crippen molar-refractivity contribution in [3.8, 4) is 11.3 Å². The average Bonchev–Trinajstić information content (AvgIpc) is 3.61. The number of hydrogen-bond donors (Lipinski definition) is 1. The van der Waals surface area contributed by atoms with Gasteiger partial charge in [-0.05, 0) is 25.0 Å². The molecule has 2 aliphatic rings. The molecule has 2 aliphatic heterocycles. The smallest absolute Gasteiger partial charge is 0.415 e. The molecule has 0 spiro atoms. The number of imidazole rings is 1. The zero-order valence-electron chi connectivity index (χ0n) is 23.0. The Hall–Kier alpha value is -3.62. The SMILES string of the molecule is C=C(C)OC(=O)N1CCC=C(c2cn3c(-c4cnn(C)c4)cnc3c(NC3=CC(C)C(S(=O)(=O)N(C)C)S3)n2)C1. The third-order valence-electron chi connectivity index (χ3n) is 6.62. The number of carbonyl (C=O) groups excluding carboxylic acids is 1. The number of fused-ring (bicyclic) bond motifs is 1. The molecule has 5 heterocycles. The second-order valence-corrected chi connectivity index (χ2v) is 13.8. The minimum atomic E-state index is -3.48. The summed E-state index contributed by atoms with van der Waals surface area (Å²) in [5.74, 6) is 0.598. The number of amides is 1. The van der Waals surface area contributed by atoms with Crippen LogP contribution >= 0.6 is 11.8 Å². The Labute approximate surface area is 237 Å². The molecule has 3 aromatic rings. The number of aryl methyl sites for hydroxylation is 1. The van der Waals surface area contributed by atoms with E-state index in [2.05, 4.69) is 28.1 Å². The number of nitrogens with one attached hydrogen (secondary N) is 1. The van der Waals surface area contributed by atoms with Gasteiger partial charge in [0.15, 0.2) is 11.5 Å². The number of carbonyl (C=O) groups is 1. The lowest BCUT2D eigenvalue weighted by molar-refractivity contribution is 0.134. The molecule has 0 bridgehead atoms. The lowest BCUT2D eigenvalue weighted by atomic mass is 10.1. The zero-order valence-corrected chi connectivity index (χ0v) is 24.7. The van der Waals surface area contributed by atoms with Gasteiger partial charge in [0, 0.05) is 51.6 Å². The van der Waals surface area contributed by atoms with Crippen molar-refractivity contribution in [3.63, 3.8) is 0 Å². The largest absolute Gasteiger partial charge is 0.416 e. The van der Waals surface area contributed by atoms with Crippen LogP contribution in [0.5, 0.6) is 0 Å². The van der Waals surface area contributed by atoms with Gasteiger partial charge >= 0.3 is 6.09 Å². The molecule has 12 nitrogen and oxygen atoms in total. The molecule has 0 radical (unpaired) electrons. The summed E-state index contributed by atoms with van der Waals surface area (Å²) in [4.78, 5) is 23.8. The first-order chi connectivity index (χ1) is 18.9. The molecule has 14 heteroatoms. The van der Waals surface area contributed by atoms with Crippen molar-refractivity contribution in [2.24, 2.45) is 13.0 Å². The molecule has 0 saturated heterocycles. The second kappa shape index (κ2) is 10.7. The van der Waals surface area contributed by atoms with Crippen LogP contribution in [0.3, 0.4) is 0 Å². The lowest BCUT2D eigenvalue weighted by Crippen LogP contribution is -2.35. The van der Waals surface area contributed by atoms with Gasteiger partial charge < -0.3 is 15.0 Å². The van der Waals surface area contributed by atoms with E-state index in [-0.39, 0.29) is 5.92 Å². The number of aromatic nitrogens is 5. The number of allylic oxidation sites excluding steroid dienone is 2. The first kappa shape index (κ1) is 27.9. The fourth-order valence-corrected chi connectivity index (χ4v) is 7.95. The molecule has 1 amide bonds. The van der Waals surface area contributed by atoms with Crippen molar-refractivity contribution in [3.05, 3.63) is 60.0 Å². The van der Waals surface area contributed by atoms with Gasteiger partial charge in [-0.25, -0.2) is 27.5 Å². The van der Waals surface area contributed by atoms with E-state index in [1.165, 1.54) is 16.1 Å². The number of rotatable bonds is 7. The van der Waals surface area contributed by atoms with Gasteiger partial charge in [-0.15, -0.1) is 0 Å². The summed E-state index contributed by atoms with van der Waals surface area (Å²) in [5.41, 5.74) is 3.78. The highest BCUT2D eigenvalue weighted by molar-refractivity contribution is 8.15. The topological polar surface area (TPSA) is 127 Å². The van der Waals surface area contributed by atoms with Crippen LogP contribution < -0.4 is 5.32 Å². The Bertz CT molecular complexity index is 1650. The molecular weight excluding hydrogens is 552 g/mol. The van der Waals surface area contributed by atoms with E-state index >= 15 is 0 Å². The van der Waals surface area contributed by atoms with Crippen LogP contribution in [-0.2, 0) is 21.8 Å². The number of nitrogens with zero attached hydrogens (tertiary/aromatic N) is 7. The summed E-state index contributed by atoms with van der Waals surface area (Å²) < 4.78 is 35.2. The van der Waals surface area contributed by atoms with E-state index in [4.69, 9.17) is 9.72 Å². The maximum absolute atomic E-state index is 12.9. The Kier molecular flexibility index (Phi) is 7.50. The third kappa shape index (κ3) is 5.38. The Morgan fingerprint density at radius 2 is 2.05 bits per heavy atom. The Morgan fingerprint density at radius 3 is 2.73 bits per heavy atom. The number of ether oxygens (including phenoxy) is 1. The summed E-state index contributed by atoms with van der Waals surface area (Å²) in [7, 11) is 1.45. The molecule has 0 fully saturated rings. The molecule has 1 N–H and O–H groups in total. The van der Waals surface area contributed by atoms with Crippen LogP contribution in [0.2, 0.25) is 0 Å². The highest BCUT2D eigenvalue weighted by atomic mass is 32.3. The summed E-state index contributed by atoms with van der Waals surface area (Å²) in [5, 5.41) is 8.33. The third-order valence-corrected chi connectivity index (χ3v) is 10.8. The average molecular weight is 585 g/mol. The van der Waals surface area contributed by atoms with E-state index in [9.17, 15) is 13.2 Å². The fourth-order valence-electron chi connectivity index (χ4n) is 4.61. The van der Waals surface area contributed by atoms with Gasteiger partial charge in [-0.2, -0.15) is 5.10 Å². The highest BCUT2D eigenvalue weighted by Gasteiger charge is 2.38. The molecule has 3 aromatic heterocycles. The summed E-state index contributed by atoms with van der Waals surface area (Å²) in [6.45, 7) is 8.02. The van der Waals surface area contributed by atoms with E-state index in [1.54, 1.807) is 43.0 Å². The van der Waals surface area contributed by atoms with Crippen molar-refractivity contribution >= 4 is 44.9 Å².